The van der Waals surface area contributed by atoms with Gasteiger partial charge in [-0.15, -0.1) is 0 Å². The first-order valence-electron chi connectivity index (χ1n) is 5.40. The Labute approximate surface area is 91.7 Å². The Hall–Kier alpha value is -1.09. The fourth-order valence-electron chi connectivity index (χ4n) is 1.30. The smallest absolute Gasteiger partial charge is 0.214 e. The molecule has 3 nitrogen and oxygen atoms in total. The van der Waals surface area contributed by atoms with E-state index in [0.717, 1.165) is 11.3 Å². The summed E-state index contributed by atoms with van der Waals surface area (Å²) >= 11 is 0. The maximum atomic E-state index is 5.64. The quantitative estimate of drug-likeness (QED) is 0.826. The highest BCUT2D eigenvalue weighted by atomic mass is 16.5. The highest BCUT2D eigenvalue weighted by Crippen LogP contribution is 2.19. The highest BCUT2D eigenvalue weighted by molar-refractivity contribution is 5.26. The molecule has 0 aliphatic rings. The molecule has 0 unspecified atom stereocenters. The van der Waals surface area contributed by atoms with Gasteiger partial charge in [-0.25, -0.2) is 4.98 Å². The van der Waals surface area contributed by atoms with E-state index in [1.807, 2.05) is 26.0 Å². The van der Waals surface area contributed by atoms with Gasteiger partial charge >= 0.3 is 0 Å². The van der Waals surface area contributed by atoms with Gasteiger partial charge in [-0.1, -0.05) is 13.8 Å². The first-order chi connectivity index (χ1) is 7.02. The number of nitrogens with zero attached hydrogens (tertiary/aromatic N) is 1. The third-order valence-corrected chi connectivity index (χ3v) is 2.07. The van der Waals surface area contributed by atoms with Gasteiger partial charge in [0.2, 0.25) is 5.88 Å². The molecule has 1 aromatic rings. The van der Waals surface area contributed by atoms with E-state index in [2.05, 4.69) is 18.8 Å². The van der Waals surface area contributed by atoms with Crippen LogP contribution >= 0.6 is 0 Å². The minimum Gasteiger partial charge on any atom is -0.475 e. The zero-order chi connectivity index (χ0) is 11.4. The molecule has 0 aliphatic heterocycles. The normalized spacial score (nSPS) is 11.1. The minimum atomic E-state index is 0.144. The van der Waals surface area contributed by atoms with Gasteiger partial charge in [0.1, 0.15) is 0 Å². The van der Waals surface area contributed by atoms with Crippen LogP contribution in [0.5, 0.6) is 5.88 Å². The van der Waals surface area contributed by atoms with Gasteiger partial charge in [0.15, 0.2) is 0 Å². The van der Waals surface area contributed by atoms with Crippen molar-refractivity contribution in [2.24, 2.45) is 5.73 Å². The fraction of sp³-hybridized carbons (Fsp3) is 0.583. The van der Waals surface area contributed by atoms with Crippen molar-refractivity contribution >= 4 is 0 Å². The largest absolute Gasteiger partial charge is 0.475 e. The number of hydrogen-bond acceptors (Lipinski definition) is 3. The van der Waals surface area contributed by atoms with E-state index in [0.29, 0.717) is 18.3 Å². The predicted octanol–water partition coefficient (Wildman–Crippen LogP) is 2.45. The number of pyridine rings is 1. The topological polar surface area (TPSA) is 48.1 Å². The maximum absolute atomic E-state index is 5.64. The van der Waals surface area contributed by atoms with E-state index in [-0.39, 0.29) is 6.10 Å². The lowest BCUT2D eigenvalue weighted by atomic mass is 10.1. The lowest BCUT2D eigenvalue weighted by molar-refractivity contribution is 0.231. The molecule has 0 saturated carbocycles. The van der Waals surface area contributed by atoms with E-state index in [4.69, 9.17) is 10.5 Å². The molecule has 0 fully saturated rings. The van der Waals surface area contributed by atoms with Crippen LogP contribution in [0.3, 0.4) is 0 Å². The van der Waals surface area contributed by atoms with Gasteiger partial charge in [0.25, 0.3) is 0 Å². The summed E-state index contributed by atoms with van der Waals surface area (Å²) in [5, 5.41) is 0. The average Bonchev–Trinajstić information content (AvgIpc) is 2.16. The van der Waals surface area contributed by atoms with Gasteiger partial charge in [0, 0.05) is 18.3 Å². The van der Waals surface area contributed by atoms with Crippen LogP contribution in [0, 0.1) is 0 Å². The molecule has 0 atom stereocenters. The zero-order valence-electron chi connectivity index (χ0n) is 9.95. The second kappa shape index (κ2) is 5.12. The second-order valence-electron chi connectivity index (χ2n) is 4.26. The Balaban J connectivity index is 3.00. The number of nitrogens with two attached hydrogens (primary N) is 1. The number of ether oxygens (including phenoxy) is 1. The Morgan fingerprint density at radius 2 is 1.93 bits per heavy atom. The SMILES string of the molecule is CC(C)Oc1cc(CN)cc(C(C)C)n1. The van der Waals surface area contributed by atoms with Gasteiger partial charge < -0.3 is 10.5 Å². The molecule has 2 N–H and O–H groups in total. The molecule has 1 aromatic heterocycles. The van der Waals surface area contributed by atoms with Crippen molar-refractivity contribution in [2.45, 2.75) is 46.3 Å². The molecule has 0 spiro atoms. The van der Waals surface area contributed by atoms with Crippen LogP contribution in [0.4, 0.5) is 0 Å². The number of aromatic nitrogens is 1. The molecule has 0 saturated heterocycles. The van der Waals surface area contributed by atoms with Gasteiger partial charge in [-0.2, -0.15) is 0 Å². The fourth-order valence-corrected chi connectivity index (χ4v) is 1.30. The molecule has 15 heavy (non-hydrogen) atoms. The maximum Gasteiger partial charge on any atom is 0.214 e. The Kier molecular flexibility index (Phi) is 4.09. The molecule has 0 radical (unpaired) electrons. The predicted molar refractivity (Wildman–Crippen MR) is 62.0 cm³/mol. The van der Waals surface area contributed by atoms with Crippen LogP contribution < -0.4 is 10.5 Å². The lowest BCUT2D eigenvalue weighted by Crippen LogP contribution is -2.09. The summed E-state index contributed by atoms with van der Waals surface area (Å²) in [7, 11) is 0. The van der Waals surface area contributed by atoms with E-state index < -0.39 is 0 Å². The van der Waals surface area contributed by atoms with Crippen LogP contribution in [0.15, 0.2) is 12.1 Å². The third-order valence-electron chi connectivity index (χ3n) is 2.07. The monoisotopic (exact) mass is 208 g/mol. The van der Waals surface area contributed by atoms with Crippen LogP contribution in [-0.4, -0.2) is 11.1 Å². The number of hydrogen-bond donors (Lipinski definition) is 1. The second-order valence-corrected chi connectivity index (χ2v) is 4.26. The van der Waals surface area contributed by atoms with Crippen molar-refractivity contribution in [1.29, 1.82) is 0 Å². The Morgan fingerprint density at radius 1 is 1.27 bits per heavy atom. The summed E-state index contributed by atoms with van der Waals surface area (Å²) in [6.07, 6.45) is 0.144. The van der Waals surface area contributed by atoms with Crippen molar-refractivity contribution in [3.63, 3.8) is 0 Å². The van der Waals surface area contributed by atoms with Crippen molar-refractivity contribution in [1.82, 2.24) is 4.98 Å². The van der Waals surface area contributed by atoms with Crippen LogP contribution in [0.1, 0.15) is 44.9 Å². The molecule has 84 valence electrons. The summed E-state index contributed by atoms with van der Waals surface area (Å²) in [5.41, 5.74) is 7.74. The van der Waals surface area contributed by atoms with Crippen molar-refractivity contribution in [3.05, 3.63) is 23.4 Å². The standard InChI is InChI=1S/C12H20N2O/c1-8(2)11-5-10(7-13)6-12(14-11)15-9(3)4/h5-6,8-9H,7,13H2,1-4H3. The van der Waals surface area contributed by atoms with E-state index >= 15 is 0 Å². The summed E-state index contributed by atoms with van der Waals surface area (Å²) < 4.78 is 5.58. The van der Waals surface area contributed by atoms with E-state index in [1.165, 1.54) is 0 Å². The summed E-state index contributed by atoms with van der Waals surface area (Å²) in [6.45, 7) is 8.73. The van der Waals surface area contributed by atoms with Crippen molar-refractivity contribution in [2.75, 3.05) is 0 Å². The van der Waals surface area contributed by atoms with E-state index in [9.17, 15) is 0 Å². The lowest BCUT2D eigenvalue weighted by Gasteiger charge is -2.13. The summed E-state index contributed by atoms with van der Waals surface area (Å²) in [5.74, 6) is 1.07. The average molecular weight is 208 g/mol. The summed E-state index contributed by atoms with van der Waals surface area (Å²) in [4.78, 5) is 4.44. The molecule has 3 heteroatoms. The van der Waals surface area contributed by atoms with Crippen LogP contribution in [0.2, 0.25) is 0 Å². The molecule has 0 amide bonds. The highest BCUT2D eigenvalue weighted by Gasteiger charge is 2.07. The molecule has 1 rings (SSSR count). The molecule has 0 aromatic carbocycles. The summed E-state index contributed by atoms with van der Waals surface area (Å²) in [6, 6.07) is 3.95. The van der Waals surface area contributed by atoms with Crippen LogP contribution in [-0.2, 0) is 6.54 Å². The molecular weight excluding hydrogens is 188 g/mol. The zero-order valence-corrected chi connectivity index (χ0v) is 9.95. The van der Waals surface area contributed by atoms with Gasteiger partial charge in [-0.05, 0) is 31.4 Å². The molecular formula is C12H20N2O. The van der Waals surface area contributed by atoms with Gasteiger partial charge in [0.05, 0.1) is 6.10 Å². The third kappa shape index (κ3) is 3.51. The molecule has 1 heterocycles. The Bertz CT molecular complexity index is 321. The molecule has 0 aliphatic carbocycles. The Morgan fingerprint density at radius 3 is 2.40 bits per heavy atom. The van der Waals surface area contributed by atoms with Crippen LogP contribution in [0.25, 0.3) is 0 Å². The van der Waals surface area contributed by atoms with E-state index in [1.54, 1.807) is 0 Å². The van der Waals surface area contributed by atoms with Crippen molar-refractivity contribution < 1.29 is 4.74 Å². The first kappa shape index (κ1) is 12.0. The first-order valence-corrected chi connectivity index (χ1v) is 5.40. The van der Waals surface area contributed by atoms with Crippen molar-refractivity contribution in [3.8, 4) is 5.88 Å². The van der Waals surface area contributed by atoms with Gasteiger partial charge in [-0.3, -0.25) is 0 Å². The molecule has 0 bridgehead atoms. The minimum absolute atomic E-state index is 0.144. The number of rotatable bonds is 4.